The Bertz CT molecular complexity index is 1680. The highest BCUT2D eigenvalue weighted by molar-refractivity contribution is 7.89. The van der Waals surface area contributed by atoms with Crippen LogP contribution in [0.15, 0.2) is 95.5 Å². The van der Waals surface area contributed by atoms with Crippen molar-refractivity contribution < 1.29 is 17.9 Å². The third-order valence-electron chi connectivity index (χ3n) is 6.30. The smallest absolute Gasteiger partial charge is 0.266 e. The van der Waals surface area contributed by atoms with E-state index < -0.39 is 15.9 Å². The first-order valence-electron chi connectivity index (χ1n) is 13.2. The molecule has 0 aliphatic heterocycles. The van der Waals surface area contributed by atoms with Crippen molar-refractivity contribution in [1.82, 2.24) is 14.1 Å². The molecule has 10 heteroatoms. The van der Waals surface area contributed by atoms with Gasteiger partial charge in [0.05, 0.1) is 17.2 Å². The molecule has 4 rings (SSSR count). The highest BCUT2D eigenvalue weighted by Crippen LogP contribution is 2.29. The number of aromatic nitrogens is 2. The summed E-state index contributed by atoms with van der Waals surface area (Å²) >= 11 is 0. The lowest BCUT2D eigenvalue weighted by atomic mass is 10.1. The Kier molecular flexibility index (Phi) is 9.34. The van der Waals surface area contributed by atoms with Gasteiger partial charge in [-0.3, -0.25) is 4.79 Å². The number of nitriles is 1. The number of benzene rings is 3. The van der Waals surface area contributed by atoms with Crippen molar-refractivity contribution >= 4 is 27.7 Å². The van der Waals surface area contributed by atoms with Crippen molar-refractivity contribution in [3.63, 3.8) is 0 Å². The van der Waals surface area contributed by atoms with Crippen LogP contribution in [0.5, 0.6) is 5.75 Å². The molecule has 41 heavy (non-hydrogen) atoms. The normalized spacial score (nSPS) is 11.7. The maximum absolute atomic E-state index is 13.2. The fraction of sp³-hybridized carbons (Fsp3) is 0.194. The van der Waals surface area contributed by atoms with Gasteiger partial charge in [0.15, 0.2) is 0 Å². The van der Waals surface area contributed by atoms with Gasteiger partial charge in [-0.15, -0.1) is 0 Å². The van der Waals surface area contributed by atoms with Crippen LogP contribution in [0.3, 0.4) is 0 Å². The third kappa shape index (κ3) is 6.72. The summed E-state index contributed by atoms with van der Waals surface area (Å²) in [6, 6.07) is 24.7. The van der Waals surface area contributed by atoms with E-state index in [0.717, 1.165) is 5.69 Å². The van der Waals surface area contributed by atoms with Crippen molar-refractivity contribution in [2.24, 2.45) is 0 Å². The van der Waals surface area contributed by atoms with Crippen molar-refractivity contribution in [2.45, 2.75) is 25.7 Å². The second-order valence-electron chi connectivity index (χ2n) is 8.91. The molecule has 0 saturated carbocycles. The SMILES string of the molecule is CCOc1ccc(NC(=O)/C(C#N)=C\c2cn(-c3ccccc3)nc2-c2cccc(S(=O)(=O)N(CC)CC)c2)cc1. The molecule has 1 N–H and O–H groups in total. The van der Waals surface area contributed by atoms with E-state index in [1.165, 1.54) is 10.4 Å². The van der Waals surface area contributed by atoms with Crippen LogP contribution in [0.1, 0.15) is 26.3 Å². The van der Waals surface area contributed by atoms with Crippen LogP contribution in [-0.4, -0.2) is 48.1 Å². The van der Waals surface area contributed by atoms with Crippen molar-refractivity contribution in [2.75, 3.05) is 25.0 Å². The number of amides is 1. The molecule has 0 spiro atoms. The Morgan fingerprint density at radius 2 is 1.73 bits per heavy atom. The number of carbonyl (C=O) groups excluding carboxylic acids is 1. The number of hydrogen-bond donors (Lipinski definition) is 1. The van der Waals surface area contributed by atoms with Gasteiger partial charge < -0.3 is 10.1 Å². The lowest BCUT2D eigenvalue weighted by Gasteiger charge is -2.18. The van der Waals surface area contributed by atoms with Gasteiger partial charge in [-0.1, -0.05) is 44.2 Å². The molecule has 4 aromatic rings. The minimum Gasteiger partial charge on any atom is -0.494 e. The molecule has 3 aromatic carbocycles. The molecule has 0 bridgehead atoms. The zero-order valence-electron chi connectivity index (χ0n) is 23.1. The highest BCUT2D eigenvalue weighted by Gasteiger charge is 2.23. The molecule has 0 fully saturated rings. The van der Waals surface area contributed by atoms with E-state index in [9.17, 15) is 18.5 Å². The minimum atomic E-state index is -3.71. The predicted molar refractivity (Wildman–Crippen MR) is 159 cm³/mol. The van der Waals surface area contributed by atoms with Crippen LogP contribution in [0.2, 0.25) is 0 Å². The molecule has 0 radical (unpaired) electrons. The van der Waals surface area contributed by atoms with Gasteiger partial charge in [-0.25, -0.2) is 13.1 Å². The van der Waals surface area contributed by atoms with Crippen molar-refractivity contribution in [3.8, 4) is 28.8 Å². The summed E-state index contributed by atoms with van der Waals surface area (Å²) in [4.78, 5) is 13.2. The monoisotopic (exact) mass is 569 g/mol. The van der Waals surface area contributed by atoms with E-state index in [2.05, 4.69) is 5.32 Å². The van der Waals surface area contributed by atoms with E-state index in [4.69, 9.17) is 9.84 Å². The predicted octanol–water partition coefficient (Wildman–Crippen LogP) is 5.51. The van der Waals surface area contributed by atoms with E-state index in [-0.39, 0.29) is 10.5 Å². The van der Waals surface area contributed by atoms with Crippen LogP contribution in [0.25, 0.3) is 23.0 Å². The topological polar surface area (TPSA) is 117 Å². The molecule has 210 valence electrons. The van der Waals surface area contributed by atoms with Crippen LogP contribution in [0, 0.1) is 11.3 Å². The molecule has 0 unspecified atom stereocenters. The van der Waals surface area contributed by atoms with Crippen LogP contribution >= 0.6 is 0 Å². The fourth-order valence-electron chi connectivity index (χ4n) is 4.25. The fourth-order valence-corrected chi connectivity index (χ4v) is 5.75. The largest absolute Gasteiger partial charge is 0.494 e. The molecular weight excluding hydrogens is 538 g/mol. The quantitative estimate of drug-likeness (QED) is 0.188. The summed E-state index contributed by atoms with van der Waals surface area (Å²) in [6.07, 6.45) is 3.16. The second kappa shape index (κ2) is 13.1. The van der Waals surface area contributed by atoms with Crippen LogP contribution < -0.4 is 10.1 Å². The van der Waals surface area contributed by atoms with Gasteiger partial charge in [0.2, 0.25) is 10.0 Å². The molecule has 1 heterocycles. The van der Waals surface area contributed by atoms with E-state index in [1.54, 1.807) is 73.3 Å². The Morgan fingerprint density at radius 1 is 1.02 bits per heavy atom. The summed E-state index contributed by atoms with van der Waals surface area (Å²) < 4.78 is 34.9. The van der Waals surface area contributed by atoms with Gasteiger partial charge in [0.1, 0.15) is 23.1 Å². The maximum Gasteiger partial charge on any atom is 0.266 e. The zero-order valence-corrected chi connectivity index (χ0v) is 23.9. The minimum absolute atomic E-state index is 0.136. The van der Waals surface area contributed by atoms with E-state index >= 15 is 0 Å². The van der Waals surface area contributed by atoms with Crippen molar-refractivity contribution in [1.29, 1.82) is 5.26 Å². The molecule has 0 aliphatic carbocycles. The number of carbonyl (C=O) groups is 1. The molecule has 0 aliphatic rings. The van der Waals surface area contributed by atoms with Crippen LogP contribution in [0.4, 0.5) is 5.69 Å². The lowest BCUT2D eigenvalue weighted by molar-refractivity contribution is -0.112. The number of para-hydroxylation sites is 1. The Morgan fingerprint density at radius 3 is 2.37 bits per heavy atom. The first-order valence-corrected chi connectivity index (χ1v) is 14.7. The first-order chi connectivity index (χ1) is 19.8. The second-order valence-corrected chi connectivity index (χ2v) is 10.8. The van der Waals surface area contributed by atoms with E-state index in [1.807, 2.05) is 43.3 Å². The van der Waals surface area contributed by atoms with Gasteiger partial charge in [0.25, 0.3) is 5.91 Å². The Labute approximate surface area is 240 Å². The Hall–Kier alpha value is -4.72. The van der Waals surface area contributed by atoms with Gasteiger partial charge in [-0.05, 0) is 61.5 Å². The maximum atomic E-state index is 13.2. The standard InChI is InChI=1S/C31H31N5O4S/c1-4-35(5-2)41(38,39)29-14-10-11-23(20-29)30-25(22-36(34-30)27-12-8-7-9-13-27)19-24(21-32)31(37)33-26-15-17-28(18-16-26)40-6-3/h7-20,22H,4-6H2,1-3H3,(H,33,37)/b24-19-. The molecule has 9 nitrogen and oxygen atoms in total. The summed E-state index contributed by atoms with van der Waals surface area (Å²) in [5.41, 5.74) is 2.56. The molecule has 0 atom stereocenters. The zero-order chi connectivity index (χ0) is 29.4. The van der Waals surface area contributed by atoms with Crippen molar-refractivity contribution in [3.05, 3.63) is 96.2 Å². The number of ether oxygens (including phenoxy) is 1. The summed E-state index contributed by atoms with van der Waals surface area (Å²) in [6.45, 7) is 6.67. The molecule has 1 amide bonds. The molecular formula is C31H31N5O4S. The number of sulfonamides is 1. The summed E-state index contributed by atoms with van der Waals surface area (Å²) in [7, 11) is -3.71. The third-order valence-corrected chi connectivity index (χ3v) is 8.35. The number of nitrogens with one attached hydrogen (secondary N) is 1. The number of anilines is 1. The molecule has 1 aromatic heterocycles. The number of nitrogens with zero attached hydrogens (tertiary/aromatic N) is 4. The van der Waals surface area contributed by atoms with Gasteiger partial charge >= 0.3 is 0 Å². The number of rotatable bonds is 11. The molecule has 0 saturated heterocycles. The average Bonchev–Trinajstić information content (AvgIpc) is 3.42. The number of hydrogen-bond acceptors (Lipinski definition) is 6. The summed E-state index contributed by atoms with van der Waals surface area (Å²) in [5.74, 6) is 0.0812. The summed E-state index contributed by atoms with van der Waals surface area (Å²) in [5, 5.41) is 17.4. The lowest BCUT2D eigenvalue weighted by Crippen LogP contribution is -2.30. The highest BCUT2D eigenvalue weighted by atomic mass is 32.2. The van der Waals surface area contributed by atoms with Crippen LogP contribution in [-0.2, 0) is 14.8 Å². The van der Waals surface area contributed by atoms with Gasteiger partial charge in [0, 0.05) is 36.1 Å². The van der Waals surface area contributed by atoms with Gasteiger partial charge in [-0.2, -0.15) is 14.7 Å². The first kappa shape index (κ1) is 29.3. The van der Waals surface area contributed by atoms with E-state index in [0.29, 0.717) is 48.0 Å². The average molecular weight is 570 g/mol. The Balaban J connectivity index is 1.76.